The fourth-order valence-electron chi connectivity index (χ4n) is 3.39. The van der Waals surface area contributed by atoms with Crippen LogP contribution in [0.4, 0.5) is 0 Å². The summed E-state index contributed by atoms with van der Waals surface area (Å²) in [7, 11) is 0. The molecule has 5 rings (SSSR count). The Bertz CT molecular complexity index is 1240. The molecule has 0 bridgehead atoms. The molecule has 1 atom stereocenters. The minimum absolute atomic E-state index is 0.0912. The fourth-order valence-corrected chi connectivity index (χ4v) is 4.92. The van der Waals surface area contributed by atoms with Crippen molar-refractivity contribution in [3.05, 3.63) is 99.9 Å². The van der Waals surface area contributed by atoms with Crippen LogP contribution >= 0.6 is 22.7 Å². The predicted molar refractivity (Wildman–Crippen MR) is 122 cm³/mol. The quantitative estimate of drug-likeness (QED) is 0.356. The van der Waals surface area contributed by atoms with Crippen LogP contribution in [0.2, 0.25) is 0 Å². The first-order valence-corrected chi connectivity index (χ1v) is 11.4. The van der Waals surface area contributed by atoms with E-state index in [4.69, 9.17) is 4.42 Å². The van der Waals surface area contributed by atoms with E-state index in [0.29, 0.717) is 5.76 Å². The average Bonchev–Trinajstić information content (AvgIpc) is 3.52. The molecule has 0 aliphatic rings. The molecule has 0 spiro atoms. The first kappa shape index (κ1) is 18.8. The van der Waals surface area contributed by atoms with Crippen molar-refractivity contribution in [3.63, 3.8) is 0 Å². The normalized spacial score (nSPS) is 12.1. The van der Waals surface area contributed by atoms with E-state index in [1.807, 2.05) is 77.5 Å². The van der Waals surface area contributed by atoms with Gasteiger partial charge in [0, 0.05) is 21.7 Å². The number of amides is 1. The van der Waals surface area contributed by atoms with Gasteiger partial charge < -0.3 is 9.73 Å². The third-order valence-corrected chi connectivity index (χ3v) is 6.45. The number of nitrogens with one attached hydrogen (secondary N) is 1. The van der Waals surface area contributed by atoms with Gasteiger partial charge in [0.2, 0.25) is 5.91 Å². The number of fused-ring (bicyclic) bond motifs is 1. The molecule has 148 valence electrons. The highest BCUT2D eigenvalue weighted by atomic mass is 32.1. The number of carbonyl (C=O) groups excluding carboxylic acids is 1. The highest BCUT2D eigenvalue weighted by Crippen LogP contribution is 2.29. The molecular weight excluding hydrogens is 412 g/mol. The second-order valence-electron chi connectivity index (χ2n) is 6.93. The molecular formula is C24H18N2O2S2. The van der Waals surface area contributed by atoms with E-state index < -0.39 is 0 Å². The van der Waals surface area contributed by atoms with Crippen LogP contribution in [0.5, 0.6) is 0 Å². The van der Waals surface area contributed by atoms with Crippen LogP contribution in [0.15, 0.2) is 87.3 Å². The second kappa shape index (κ2) is 8.26. The number of benzene rings is 2. The van der Waals surface area contributed by atoms with Crippen molar-refractivity contribution in [1.82, 2.24) is 10.3 Å². The van der Waals surface area contributed by atoms with Crippen LogP contribution in [0.25, 0.3) is 21.5 Å². The lowest BCUT2D eigenvalue weighted by atomic mass is 10.0. The van der Waals surface area contributed by atoms with Gasteiger partial charge in [0.05, 0.1) is 12.1 Å². The van der Waals surface area contributed by atoms with Crippen molar-refractivity contribution in [3.8, 4) is 10.6 Å². The summed E-state index contributed by atoms with van der Waals surface area (Å²) in [6, 6.07) is 21.4. The van der Waals surface area contributed by atoms with Gasteiger partial charge >= 0.3 is 0 Å². The van der Waals surface area contributed by atoms with Gasteiger partial charge in [-0.3, -0.25) is 4.79 Å². The molecule has 1 amide bonds. The number of furan rings is 1. The van der Waals surface area contributed by atoms with Crippen LogP contribution in [-0.2, 0) is 11.2 Å². The topological polar surface area (TPSA) is 55.1 Å². The third kappa shape index (κ3) is 3.92. The summed E-state index contributed by atoms with van der Waals surface area (Å²) >= 11 is 3.20. The van der Waals surface area contributed by atoms with Crippen LogP contribution in [0.3, 0.4) is 0 Å². The largest absolute Gasteiger partial charge is 0.459 e. The van der Waals surface area contributed by atoms with Gasteiger partial charge in [0.15, 0.2) is 0 Å². The first-order valence-electron chi connectivity index (χ1n) is 9.56. The highest BCUT2D eigenvalue weighted by Gasteiger charge is 2.21. The molecule has 4 nitrogen and oxygen atoms in total. The molecule has 1 unspecified atom stereocenters. The fraction of sp³-hybridized carbons (Fsp3) is 0.0833. The number of nitrogens with zero attached hydrogens (tertiary/aromatic N) is 1. The molecule has 6 heteroatoms. The van der Waals surface area contributed by atoms with E-state index in [1.54, 1.807) is 22.7 Å². The lowest BCUT2D eigenvalue weighted by Gasteiger charge is -2.17. The van der Waals surface area contributed by atoms with Gasteiger partial charge in [-0.1, -0.05) is 48.5 Å². The summed E-state index contributed by atoms with van der Waals surface area (Å²) in [6.45, 7) is 0. The molecule has 3 aromatic heterocycles. The number of rotatable bonds is 6. The number of thiazole rings is 1. The van der Waals surface area contributed by atoms with Gasteiger partial charge in [-0.25, -0.2) is 4.98 Å². The van der Waals surface area contributed by atoms with Gasteiger partial charge in [-0.2, -0.15) is 11.3 Å². The lowest BCUT2D eigenvalue weighted by molar-refractivity contribution is -0.121. The number of thiophene rings is 1. The average molecular weight is 431 g/mol. The molecule has 0 fully saturated rings. The van der Waals surface area contributed by atoms with E-state index in [0.717, 1.165) is 32.8 Å². The smallest absolute Gasteiger partial charge is 0.226 e. The number of hydrogen-bond acceptors (Lipinski definition) is 5. The maximum atomic E-state index is 12.9. The number of carbonyl (C=O) groups is 1. The Morgan fingerprint density at radius 3 is 2.67 bits per heavy atom. The monoisotopic (exact) mass is 430 g/mol. The summed E-state index contributed by atoms with van der Waals surface area (Å²) < 4.78 is 6.06. The minimum atomic E-state index is -0.360. The molecule has 0 radical (unpaired) electrons. The molecule has 5 aromatic rings. The Morgan fingerprint density at radius 2 is 1.87 bits per heavy atom. The SMILES string of the molecule is O=C(Cc1csc(-c2ccsc2)n1)NC(c1ccccc1)c1cc2ccccc2o1. The molecule has 30 heavy (non-hydrogen) atoms. The zero-order valence-corrected chi connectivity index (χ0v) is 17.6. The first-order chi connectivity index (χ1) is 14.8. The van der Waals surface area contributed by atoms with Gasteiger partial charge in [-0.05, 0) is 29.1 Å². The van der Waals surface area contributed by atoms with E-state index >= 15 is 0 Å². The highest BCUT2D eigenvalue weighted by molar-refractivity contribution is 7.14. The van der Waals surface area contributed by atoms with Crippen molar-refractivity contribution in [1.29, 1.82) is 0 Å². The zero-order chi connectivity index (χ0) is 20.3. The Balaban J connectivity index is 1.39. The molecule has 0 aliphatic carbocycles. The van der Waals surface area contributed by atoms with E-state index in [2.05, 4.69) is 15.7 Å². The maximum absolute atomic E-state index is 12.9. The van der Waals surface area contributed by atoms with Crippen molar-refractivity contribution in [2.45, 2.75) is 12.5 Å². The van der Waals surface area contributed by atoms with Crippen LogP contribution in [0.1, 0.15) is 23.1 Å². The standard InChI is InChI=1S/C24H18N2O2S2/c27-22(13-19-15-30-24(25-19)18-10-11-29-14-18)26-23(16-6-2-1-3-7-16)21-12-17-8-4-5-9-20(17)28-21/h1-12,14-15,23H,13H2,(H,26,27). The summed E-state index contributed by atoms with van der Waals surface area (Å²) in [6.07, 6.45) is 0.226. The van der Waals surface area contributed by atoms with E-state index in [-0.39, 0.29) is 18.4 Å². The molecule has 1 N–H and O–H groups in total. The summed E-state index contributed by atoms with van der Waals surface area (Å²) in [5.74, 6) is 0.625. The molecule has 0 saturated carbocycles. The van der Waals surface area contributed by atoms with Crippen LogP contribution < -0.4 is 5.32 Å². The maximum Gasteiger partial charge on any atom is 0.226 e. The van der Waals surface area contributed by atoms with Gasteiger partial charge in [-0.15, -0.1) is 11.3 Å². The number of hydrogen-bond donors (Lipinski definition) is 1. The Hall–Kier alpha value is -3.22. The van der Waals surface area contributed by atoms with Crippen molar-refractivity contribution in [2.24, 2.45) is 0 Å². The van der Waals surface area contributed by atoms with E-state index in [9.17, 15) is 4.79 Å². The van der Waals surface area contributed by atoms with Crippen molar-refractivity contribution in [2.75, 3.05) is 0 Å². The van der Waals surface area contributed by atoms with Crippen molar-refractivity contribution < 1.29 is 9.21 Å². The summed E-state index contributed by atoms with van der Waals surface area (Å²) in [4.78, 5) is 17.5. The Kier molecular flexibility index (Phi) is 5.17. The van der Waals surface area contributed by atoms with Gasteiger partial charge in [0.1, 0.15) is 22.4 Å². The summed E-state index contributed by atoms with van der Waals surface area (Å²) in [5, 5.41) is 11.1. The predicted octanol–water partition coefficient (Wildman–Crippen LogP) is 6.07. The molecule has 2 aromatic carbocycles. The van der Waals surface area contributed by atoms with Crippen LogP contribution in [0, 0.1) is 0 Å². The Morgan fingerprint density at radius 1 is 1.03 bits per heavy atom. The third-order valence-electron chi connectivity index (χ3n) is 4.83. The van der Waals surface area contributed by atoms with Crippen molar-refractivity contribution >= 4 is 39.5 Å². The zero-order valence-electron chi connectivity index (χ0n) is 15.9. The van der Waals surface area contributed by atoms with Gasteiger partial charge in [0.25, 0.3) is 0 Å². The number of para-hydroxylation sites is 1. The molecule has 0 aliphatic heterocycles. The summed E-state index contributed by atoms with van der Waals surface area (Å²) in [5.41, 5.74) is 3.65. The lowest BCUT2D eigenvalue weighted by Crippen LogP contribution is -2.30. The molecule has 3 heterocycles. The number of aromatic nitrogens is 1. The van der Waals surface area contributed by atoms with E-state index in [1.165, 1.54) is 0 Å². The van der Waals surface area contributed by atoms with Crippen LogP contribution in [-0.4, -0.2) is 10.9 Å². The minimum Gasteiger partial charge on any atom is -0.459 e. The molecule has 0 saturated heterocycles. The Labute approximate surface area is 181 Å². The second-order valence-corrected chi connectivity index (χ2v) is 8.57.